The fourth-order valence-electron chi connectivity index (χ4n) is 2.63. The topological polar surface area (TPSA) is 117 Å². The number of hydrogen-bond donors (Lipinski definition) is 0. The van der Waals surface area contributed by atoms with Crippen molar-refractivity contribution in [2.75, 3.05) is 19.5 Å². The van der Waals surface area contributed by atoms with Gasteiger partial charge in [-0.3, -0.25) is 10.1 Å². The fraction of sp³-hybridized carbons (Fsp3) is 0.696. The van der Waals surface area contributed by atoms with Gasteiger partial charge in [0.25, 0.3) is 5.69 Å². The quantitative estimate of drug-likeness (QED) is 0.155. The molecular formula is C23H40N2O7SSi. The molecule has 0 heterocycles. The van der Waals surface area contributed by atoms with Crippen LogP contribution in [-0.4, -0.2) is 48.6 Å². The number of hydrogen-bond acceptors (Lipinski definition) is 7. The minimum Gasteiger partial charge on any atom is -0.493 e. The molecule has 0 N–H and O–H groups in total. The standard InChI is InChI=1S/C23H40N2O7SSi/c1-22(2,3)32-21(26)24-33(7,29)17-18-14-19(25(27)28)16-20(15-18)30-12-10-11-13-31-34(8,9)23(4,5)6/h14-16H,10-13,17H2,1-9H3/t33-/m0/s1. The number of rotatable bonds is 10. The molecule has 194 valence electrons. The van der Waals surface area contributed by atoms with Gasteiger partial charge in [-0.25, -0.2) is 9.00 Å². The number of carbonyl (C=O) groups excluding carboxylic acids is 1. The molecule has 0 saturated carbocycles. The van der Waals surface area contributed by atoms with E-state index in [1.165, 1.54) is 18.4 Å². The highest BCUT2D eigenvalue weighted by Crippen LogP contribution is 2.36. The molecule has 0 aliphatic carbocycles. The van der Waals surface area contributed by atoms with Crippen molar-refractivity contribution in [2.45, 2.75) is 83.9 Å². The van der Waals surface area contributed by atoms with Gasteiger partial charge in [0, 0.05) is 18.9 Å². The van der Waals surface area contributed by atoms with Gasteiger partial charge in [-0.1, -0.05) is 20.8 Å². The summed E-state index contributed by atoms with van der Waals surface area (Å²) in [5.41, 5.74) is -0.551. The summed E-state index contributed by atoms with van der Waals surface area (Å²) in [6.07, 6.45) is 1.93. The van der Waals surface area contributed by atoms with Gasteiger partial charge >= 0.3 is 6.09 Å². The van der Waals surface area contributed by atoms with Crippen molar-refractivity contribution in [2.24, 2.45) is 4.36 Å². The third kappa shape index (κ3) is 11.0. The average molecular weight is 517 g/mol. The zero-order chi connectivity index (χ0) is 26.4. The van der Waals surface area contributed by atoms with E-state index in [1.807, 2.05) is 0 Å². The highest BCUT2D eigenvalue weighted by atomic mass is 32.2. The van der Waals surface area contributed by atoms with Crippen LogP contribution in [0.5, 0.6) is 5.75 Å². The second-order valence-electron chi connectivity index (χ2n) is 10.9. The highest BCUT2D eigenvalue weighted by Gasteiger charge is 2.36. The number of non-ortho nitro benzene ring substituents is 1. The molecule has 0 saturated heterocycles. The number of benzene rings is 1. The van der Waals surface area contributed by atoms with E-state index in [9.17, 15) is 19.1 Å². The van der Waals surface area contributed by atoms with E-state index in [-0.39, 0.29) is 16.5 Å². The molecule has 1 rings (SSSR count). The first-order valence-corrected chi connectivity index (χ1v) is 16.3. The normalized spacial score (nSPS) is 14.3. The second-order valence-corrected chi connectivity index (χ2v) is 18.1. The lowest BCUT2D eigenvalue weighted by Gasteiger charge is -2.36. The van der Waals surface area contributed by atoms with Gasteiger partial charge in [0.05, 0.1) is 33.1 Å². The Hall–Kier alpha value is -1.98. The largest absolute Gasteiger partial charge is 0.493 e. The van der Waals surface area contributed by atoms with E-state index in [4.69, 9.17) is 13.9 Å². The maximum absolute atomic E-state index is 12.8. The summed E-state index contributed by atoms with van der Waals surface area (Å²) in [6, 6.07) is 4.23. The van der Waals surface area contributed by atoms with Crippen molar-refractivity contribution >= 4 is 29.8 Å². The van der Waals surface area contributed by atoms with Crippen molar-refractivity contribution in [1.29, 1.82) is 0 Å². The number of nitro benzene ring substituents is 1. The highest BCUT2D eigenvalue weighted by molar-refractivity contribution is 7.92. The van der Waals surface area contributed by atoms with Crippen LogP contribution in [0.2, 0.25) is 18.1 Å². The lowest BCUT2D eigenvalue weighted by molar-refractivity contribution is -0.385. The molecule has 0 radical (unpaired) electrons. The SMILES string of the molecule is CC(C)(C)OC(=O)N=[S@@](C)(=O)Cc1cc(OCCCCO[Si](C)(C)C(C)(C)C)cc([N+](=O)[O-])c1. The van der Waals surface area contributed by atoms with Crippen molar-refractivity contribution in [3.8, 4) is 5.75 Å². The zero-order valence-electron chi connectivity index (χ0n) is 21.9. The number of ether oxygens (including phenoxy) is 2. The second kappa shape index (κ2) is 11.6. The minimum atomic E-state index is -3.01. The molecule has 0 spiro atoms. The Balaban J connectivity index is 2.81. The molecule has 11 heteroatoms. The average Bonchev–Trinajstić information content (AvgIpc) is 2.60. The molecule has 0 aliphatic rings. The fourth-order valence-corrected chi connectivity index (χ4v) is 4.92. The van der Waals surface area contributed by atoms with Gasteiger partial charge < -0.3 is 13.9 Å². The monoisotopic (exact) mass is 516 g/mol. The molecule has 1 aromatic rings. The van der Waals surface area contributed by atoms with Crippen LogP contribution >= 0.6 is 0 Å². The molecule has 0 fully saturated rings. The van der Waals surface area contributed by atoms with E-state index in [0.29, 0.717) is 24.5 Å². The van der Waals surface area contributed by atoms with Gasteiger partial charge in [-0.05, 0) is 63.4 Å². The third-order valence-corrected chi connectivity index (χ3v) is 11.3. The smallest absolute Gasteiger partial charge is 0.442 e. The minimum absolute atomic E-state index is 0.148. The Morgan fingerprint density at radius 1 is 1.09 bits per heavy atom. The lowest BCUT2D eigenvalue weighted by Crippen LogP contribution is -2.41. The van der Waals surface area contributed by atoms with Gasteiger partial charge in [0.2, 0.25) is 0 Å². The van der Waals surface area contributed by atoms with E-state index in [1.54, 1.807) is 26.8 Å². The van der Waals surface area contributed by atoms with Crippen LogP contribution in [-0.2, 0) is 24.6 Å². The first kappa shape index (κ1) is 30.0. The molecule has 9 nitrogen and oxygen atoms in total. The summed E-state index contributed by atoms with van der Waals surface area (Å²) in [5.74, 6) is 0.159. The summed E-state index contributed by atoms with van der Waals surface area (Å²) in [5, 5.41) is 11.5. The van der Waals surface area contributed by atoms with Crippen LogP contribution in [0, 0.1) is 10.1 Å². The Morgan fingerprint density at radius 2 is 1.68 bits per heavy atom. The Kier molecular flexibility index (Phi) is 10.3. The van der Waals surface area contributed by atoms with Gasteiger partial charge in [0.1, 0.15) is 11.4 Å². The van der Waals surface area contributed by atoms with E-state index in [2.05, 4.69) is 38.2 Å². The first-order chi connectivity index (χ1) is 15.3. The molecule has 0 unspecified atom stereocenters. The van der Waals surface area contributed by atoms with Crippen molar-refractivity contribution in [1.82, 2.24) is 0 Å². The van der Waals surface area contributed by atoms with Gasteiger partial charge in [-0.2, -0.15) is 0 Å². The summed E-state index contributed by atoms with van der Waals surface area (Å²) in [6.45, 7) is 17.0. The van der Waals surface area contributed by atoms with Crippen molar-refractivity contribution < 1.29 is 27.8 Å². The maximum atomic E-state index is 12.8. The predicted molar refractivity (Wildman–Crippen MR) is 137 cm³/mol. The lowest BCUT2D eigenvalue weighted by atomic mass is 10.2. The number of amides is 1. The van der Waals surface area contributed by atoms with E-state index < -0.39 is 34.7 Å². The molecule has 1 amide bonds. The zero-order valence-corrected chi connectivity index (χ0v) is 23.7. The van der Waals surface area contributed by atoms with Crippen molar-refractivity contribution in [3.05, 3.63) is 33.9 Å². The van der Waals surface area contributed by atoms with Crippen LogP contribution in [0.3, 0.4) is 0 Å². The molecule has 34 heavy (non-hydrogen) atoms. The molecular weight excluding hydrogens is 476 g/mol. The molecule has 1 atom stereocenters. The Bertz CT molecular complexity index is 988. The number of nitrogens with zero attached hydrogens (tertiary/aromatic N) is 2. The van der Waals surface area contributed by atoms with Gasteiger partial charge in [-0.15, -0.1) is 4.36 Å². The van der Waals surface area contributed by atoms with Gasteiger partial charge in [0.15, 0.2) is 8.32 Å². The van der Waals surface area contributed by atoms with E-state index >= 15 is 0 Å². The summed E-state index contributed by atoms with van der Waals surface area (Å²) >= 11 is 0. The number of nitro groups is 1. The Labute approximate surface area is 205 Å². The summed E-state index contributed by atoms with van der Waals surface area (Å²) in [4.78, 5) is 22.8. The number of unbranched alkanes of at least 4 members (excludes halogenated alkanes) is 1. The third-order valence-electron chi connectivity index (χ3n) is 5.33. The van der Waals surface area contributed by atoms with Crippen LogP contribution < -0.4 is 4.74 Å². The maximum Gasteiger partial charge on any atom is 0.442 e. The van der Waals surface area contributed by atoms with Crippen LogP contribution in [0.25, 0.3) is 0 Å². The molecule has 0 aliphatic heterocycles. The molecule has 0 bridgehead atoms. The summed E-state index contributed by atoms with van der Waals surface area (Å²) < 4.78 is 33.5. The predicted octanol–water partition coefficient (Wildman–Crippen LogP) is 6.31. The van der Waals surface area contributed by atoms with Crippen molar-refractivity contribution in [3.63, 3.8) is 0 Å². The summed E-state index contributed by atoms with van der Waals surface area (Å²) in [7, 11) is -4.80. The molecule has 1 aromatic carbocycles. The van der Waals surface area contributed by atoms with E-state index in [0.717, 1.165) is 12.8 Å². The van der Waals surface area contributed by atoms with Crippen LogP contribution in [0.4, 0.5) is 10.5 Å². The van der Waals surface area contributed by atoms with Crippen LogP contribution in [0.15, 0.2) is 22.6 Å². The van der Waals surface area contributed by atoms with Crippen LogP contribution in [0.1, 0.15) is 59.9 Å². The molecule has 0 aromatic heterocycles. The Morgan fingerprint density at radius 3 is 2.21 bits per heavy atom. The first-order valence-electron chi connectivity index (χ1n) is 11.3. The number of carbonyl (C=O) groups is 1.